The Hall–Kier alpha value is -3.80. The van der Waals surface area contributed by atoms with Crippen LogP contribution in [0.4, 0.5) is 0 Å². The summed E-state index contributed by atoms with van der Waals surface area (Å²) in [6.07, 6.45) is 5.95. The van der Waals surface area contributed by atoms with Crippen molar-refractivity contribution >= 4 is 11.9 Å². The summed E-state index contributed by atoms with van der Waals surface area (Å²) in [6.45, 7) is 13.3. The summed E-state index contributed by atoms with van der Waals surface area (Å²) >= 11 is 0. The van der Waals surface area contributed by atoms with Crippen molar-refractivity contribution in [2.75, 3.05) is 20.3 Å². The van der Waals surface area contributed by atoms with Crippen LogP contribution in [0.25, 0.3) is 11.1 Å². The Balaban J connectivity index is 1.83. The van der Waals surface area contributed by atoms with Crippen LogP contribution in [0, 0.1) is 0 Å². The van der Waals surface area contributed by atoms with Gasteiger partial charge in [-0.1, -0.05) is 57.2 Å². The molecule has 0 atom stereocenters. The van der Waals surface area contributed by atoms with Gasteiger partial charge in [0.05, 0.1) is 20.3 Å². The highest BCUT2D eigenvalue weighted by Crippen LogP contribution is 2.29. The standard InChI is InChI=1S/C29H34O6/c1-6-22(4)35-25-15-12-23(13-16-25)24-14-17-27(32-5)26(20-24)29(31)34-19-11-9-7-8-10-18-33-28(30)21(2)3/h6,12-17,20H,1-2,4,7-11,18-19H2,3,5H3. The number of unbranched alkanes of at least 4 members (excludes halogenated alkanes) is 4. The molecule has 0 aliphatic heterocycles. The summed E-state index contributed by atoms with van der Waals surface area (Å²) < 4.78 is 21.5. The lowest BCUT2D eigenvalue weighted by atomic mass is 10.0. The fourth-order valence-electron chi connectivity index (χ4n) is 3.22. The van der Waals surface area contributed by atoms with E-state index in [9.17, 15) is 9.59 Å². The van der Waals surface area contributed by atoms with Crippen LogP contribution >= 0.6 is 0 Å². The van der Waals surface area contributed by atoms with Crippen LogP contribution in [0.2, 0.25) is 0 Å². The molecule has 0 aromatic heterocycles. The van der Waals surface area contributed by atoms with Crippen molar-refractivity contribution in [1.82, 2.24) is 0 Å². The van der Waals surface area contributed by atoms with E-state index in [0.29, 0.717) is 41.6 Å². The fraction of sp³-hybridized carbons (Fsp3) is 0.310. The van der Waals surface area contributed by atoms with E-state index in [2.05, 4.69) is 19.7 Å². The first-order valence-electron chi connectivity index (χ1n) is 11.6. The van der Waals surface area contributed by atoms with E-state index in [1.807, 2.05) is 30.3 Å². The third kappa shape index (κ3) is 9.16. The zero-order valence-electron chi connectivity index (χ0n) is 20.6. The molecule has 0 amide bonds. The molecule has 0 N–H and O–H groups in total. The van der Waals surface area contributed by atoms with Crippen molar-refractivity contribution < 1.29 is 28.5 Å². The van der Waals surface area contributed by atoms with Crippen molar-refractivity contribution in [3.05, 3.63) is 85.2 Å². The van der Waals surface area contributed by atoms with Gasteiger partial charge in [-0.15, -0.1) is 0 Å². The predicted octanol–water partition coefficient (Wildman–Crippen LogP) is 6.67. The minimum absolute atomic E-state index is 0.329. The summed E-state index contributed by atoms with van der Waals surface area (Å²) in [4.78, 5) is 24.0. The maximum atomic E-state index is 12.7. The third-order valence-corrected chi connectivity index (χ3v) is 5.19. The summed E-state index contributed by atoms with van der Waals surface area (Å²) in [5.41, 5.74) is 2.57. The number of carbonyl (C=O) groups excluding carboxylic acids is 2. The Morgan fingerprint density at radius 2 is 1.46 bits per heavy atom. The molecule has 0 spiro atoms. The van der Waals surface area contributed by atoms with Crippen LogP contribution in [-0.2, 0) is 14.3 Å². The molecular weight excluding hydrogens is 444 g/mol. The molecule has 6 heteroatoms. The molecule has 2 aromatic carbocycles. The average Bonchev–Trinajstić information content (AvgIpc) is 2.87. The van der Waals surface area contributed by atoms with Gasteiger partial charge < -0.3 is 18.9 Å². The second-order valence-electron chi connectivity index (χ2n) is 8.03. The van der Waals surface area contributed by atoms with E-state index >= 15 is 0 Å². The van der Waals surface area contributed by atoms with Gasteiger partial charge in [0, 0.05) is 5.57 Å². The molecule has 0 aliphatic carbocycles. The van der Waals surface area contributed by atoms with Gasteiger partial charge in [-0.2, -0.15) is 0 Å². The summed E-state index contributed by atoms with van der Waals surface area (Å²) in [5.74, 6) is 0.816. The number of benzene rings is 2. The quantitative estimate of drug-likeness (QED) is 0.0936. The molecule has 0 aliphatic rings. The molecule has 0 fully saturated rings. The number of esters is 2. The van der Waals surface area contributed by atoms with Crippen molar-refractivity contribution in [2.45, 2.75) is 39.0 Å². The maximum Gasteiger partial charge on any atom is 0.341 e. The van der Waals surface area contributed by atoms with Gasteiger partial charge in [0.25, 0.3) is 0 Å². The molecule has 35 heavy (non-hydrogen) atoms. The second kappa shape index (κ2) is 14.5. The number of ether oxygens (including phenoxy) is 4. The van der Waals surface area contributed by atoms with Gasteiger partial charge in [0.1, 0.15) is 22.8 Å². The average molecular weight is 479 g/mol. The first kappa shape index (κ1) is 27.4. The van der Waals surface area contributed by atoms with E-state index in [1.165, 1.54) is 7.11 Å². The number of carbonyl (C=O) groups is 2. The number of methoxy groups -OCH3 is 1. The van der Waals surface area contributed by atoms with Gasteiger partial charge >= 0.3 is 11.9 Å². The van der Waals surface area contributed by atoms with E-state index in [4.69, 9.17) is 18.9 Å². The van der Waals surface area contributed by atoms with Crippen molar-refractivity contribution in [1.29, 1.82) is 0 Å². The first-order valence-corrected chi connectivity index (χ1v) is 11.6. The lowest BCUT2D eigenvalue weighted by Gasteiger charge is -2.12. The molecule has 0 radical (unpaired) electrons. The molecule has 2 rings (SSSR count). The normalized spacial score (nSPS) is 10.2. The maximum absolute atomic E-state index is 12.7. The number of hydrogen-bond donors (Lipinski definition) is 0. The second-order valence-corrected chi connectivity index (χ2v) is 8.03. The number of rotatable bonds is 15. The van der Waals surface area contributed by atoms with Gasteiger partial charge in [0.15, 0.2) is 0 Å². The van der Waals surface area contributed by atoms with Crippen molar-refractivity contribution in [3.63, 3.8) is 0 Å². The third-order valence-electron chi connectivity index (χ3n) is 5.19. The Bertz CT molecular complexity index is 1040. The molecule has 0 bridgehead atoms. The lowest BCUT2D eigenvalue weighted by Crippen LogP contribution is -2.08. The highest BCUT2D eigenvalue weighted by Gasteiger charge is 2.15. The molecule has 0 saturated heterocycles. The smallest absolute Gasteiger partial charge is 0.341 e. The molecule has 0 saturated carbocycles. The van der Waals surface area contributed by atoms with Gasteiger partial charge in [0.2, 0.25) is 0 Å². The van der Waals surface area contributed by atoms with E-state index in [1.54, 1.807) is 25.1 Å². The lowest BCUT2D eigenvalue weighted by molar-refractivity contribution is -0.139. The predicted molar refractivity (Wildman–Crippen MR) is 138 cm³/mol. The first-order chi connectivity index (χ1) is 16.8. The molecule has 6 nitrogen and oxygen atoms in total. The number of allylic oxidation sites excluding steroid dienone is 1. The van der Waals surface area contributed by atoms with Crippen molar-refractivity contribution in [3.8, 4) is 22.6 Å². The van der Waals surface area contributed by atoms with E-state index in [0.717, 1.165) is 43.2 Å². The highest BCUT2D eigenvalue weighted by atomic mass is 16.5. The van der Waals surface area contributed by atoms with Gasteiger partial charge in [-0.05, 0) is 61.2 Å². The Morgan fingerprint density at radius 3 is 2.06 bits per heavy atom. The van der Waals surface area contributed by atoms with Gasteiger partial charge in [-0.25, -0.2) is 9.59 Å². The SMILES string of the molecule is C=CC(=C)Oc1ccc(-c2ccc(OC)c(C(=O)OCCCCCCCOC(=O)C(=C)C)c2)cc1. The van der Waals surface area contributed by atoms with E-state index in [-0.39, 0.29) is 5.97 Å². The van der Waals surface area contributed by atoms with Gasteiger partial charge in [-0.3, -0.25) is 0 Å². The minimum atomic E-state index is -0.419. The minimum Gasteiger partial charge on any atom is -0.496 e. The van der Waals surface area contributed by atoms with Crippen LogP contribution in [0.5, 0.6) is 11.5 Å². The molecular formula is C29H34O6. The molecule has 2 aromatic rings. The van der Waals surface area contributed by atoms with Crippen molar-refractivity contribution in [2.24, 2.45) is 0 Å². The van der Waals surface area contributed by atoms with Crippen LogP contribution < -0.4 is 9.47 Å². The Labute approximate surface area is 207 Å². The topological polar surface area (TPSA) is 71.1 Å². The fourth-order valence-corrected chi connectivity index (χ4v) is 3.22. The van der Waals surface area contributed by atoms with Crippen LogP contribution in [0.15, 0.2) is 79.6 Å². The Kier molecular flexibility index (Phi) is 11.3. The molecule has 0 heterocycles. The van der Waals surface area contributed by atoms with Crippen LogP contribution in [0.1, 0.15) is 49.4 Å². The monoisotopic (exact) mass is 478 g/mol. The van der Waals surface area contributed by atoms with Crippen LogP contribution in [-0.4, -0.2) is 32.3 Å². The zero-order valence-corrected chi connectivity index (χ0v) is 20.6. The largest absolute Gasteiger partial charge is 0.496 e. The molecule has 0 unspecified atom stereocenters. The van der Waals surface area contributed by atoms with Crippen LogP contribution in [0.3, 0.4) is 0 Å². The highest BCUT2D eigenvalue weighted by molar-refractivity contribution is 5.94. The summed E-state index contributed by atoms with van der Waals surface area (Å²) in [5, 5.41) is 0. The number of hydrogen-bond acceptors (Lipinski definition) is 6. The molecule has 186 valence electrons. The zero-order chi connectivity index (χ0) is 25.6. The summed E-state index contributed by atoms with van der Waals surface area (Å²) in [7, 11) is 1.53. The van der Waals surface area contributed by atoms with E-state index < -0.39 is 5.97 Å². The Morgan fingerprint density at radius 1 is 0.857 bits per heavy atom. The summed E-state index contributed by atoms with van der Waals surface area (Å²) in [6, 6.07) is 12.9.